The molecule has 0 unspecified atom stereocenters. The molecule has 26 heavy (non-hydrogen) atoms. The smallest absolute Gasteiger partial charge is 0.410 e. The molecule has 5 nitrogen and oxygen atoms in total. The molecule has 5 heteroatoms. The van der Waals surface area contributed by atoms with Gasteiger partial charge in [0.1, 0.15) is 11.6 Å². The fourth-order valence-corrected chi connectivity index (χ4v) is 3.99. The number of hydrogen-bond donors (Lipinski definition) is 1. The summed E-state index contributed by atoms with van der Waals surface area (Å²) >= 11 is 0. The number of aryl methyl sites for hydroxylation is 1. The van der Waals surface area contributed by atoms with E-state index in [0.717, 1.165) is 25.7 Å². The Bertz CT molecular complexity index is 665. The third kappa shape index (κ3) is 4.37. The summed E-state index contributed by atoms with van der Waals surface area (Å²) in [5.41, 5.74) is 2.20. The zero-order valence-electron chi connectivity index (χ0n) is 16.1. The molecule has 142 valence electrons. The molecule has 1 heterocycles. The monoisotopic (exact) mass is 358 g/mol. The van der Waals surface area contributed by atoms with Crippen LogP contribution in [0.2, 0.25) is 0 Å². The standard InChI is InChI=1S/C21H30N2O3/c1-21(2,3)26-20(25)23-13-7-12-18(23)19(24)22-14-16-10-6-9-15-8-4-5-11-17(15)16/h4-5,8,11,16,18H,6-7,9-10,12-14H2,1-3H3,(H,22,24)/t16-,18+/m1/s1. The summed E-state index contributed by atoms with van der Waals surface area (Å²) in [4.78, 5) is 26.7. The summed E-state index contributed by atoms with van der Waals surface area (Å²) in [6.45, 7) is 6.75. The number of rotatable bonds is 3. The van der Waals surface area contributed by atoms with Crippen LogP contribution in [0, 0.1) is 0 Å². The molecule has 1 aromatic rings. The van der Waals surface area contributed by atoms with Crippen LogP contribution in [0.25, 0.3) is 0 Å². The van der Waals surface area contributed by atoms with Crippen molar-refractivity contribution in [1.29, 1.82) is 0 Å². The van der Waals surface area contributed by atoms with Crippen molar-refractivity contribution in [3.05, 3.63) is 35.4 Å². The fraction of sp³-hybridized carbons (Fsp3) is 0.619. The number of fused-ring (bicyclic) bond motifs is 1. The number of hydrogen-bond acceptors (Lipinski definition) is 3. The molecular formula is C21H30N2O3. The molecule has 0 spiro atoms. The number of carbonyl (C=O) groups is 2. The second-order valence-corrected chi connectivity index (χ2v) is 8.36. The molecule has 1 saturated heterocycles. The molecule has 0 aromatic heterocycles. The van der Waals surface area contributed by atoms with E-state index < -0.39 is 17.7 Å². The summed E-state index contributed by atoms with van der Waals surface area (Å²) in [5.74, 6) is 0.302. The fourth-order valence-electron chi connectivity index (χ4n) is 3.99. The van der Waals surface area contributed by atoms with Gasteiger partial charge in [0.2, 0.25) is 5.91 Å². The van der Waals surface area contributed by atoms with Crippen molar-refractivity contribution in [3.63, 3.8) is 0 Å². The molecule has 2 atom stereocenters. The Hall–Kier alpha value is -2.04. The summed E-state index contributed by atoms with van der Waals surface area (Å²) in [6, 6.07) is 8.10. The Morgan fingerprint density at radius 1 is 1.19 bits per heavy atom. The quantitative estimate of drug-likeness (QED) is 0.898. The molecule has 0 saturated carbocycles. The number of ether oxygens (including phenoxy) is 1. The van der Waals surface area contributed by atoms with Gasteiger partial charge in [-0.25, -0.2) is 4.79 Å². The van der Waals surface area contributed by atoms with Gasteiger partial charge in [0.05, 0.1) is 0 Å². The molecule has 1 fully saturated rings. The van der Waals surface area contributed by atoms with Crippen LogP contribution in [-0.4, -0.2) is 41.6 Å². The highest BCUT2D eigenvalue weighted by Gasteiger charge is 2.36. The largest absolute Gasteiger partial charge is 0.444 e. The molecule has 1 aromatic carbocycles. The van der Waals surface area contributed by atoms with E-state index in [-0.39, 0.29) is 5.91 Å². The van der Waals surface area contributed by atoms with Crippen molar-refractivity contribution in [2.45, 2.75) is 70.4 Å². The maximum Gasteiger partial charge on any atom is 0.410 e. The number of amides is 2. The van der Waals surface area contributed by atoms with Gasteiger partial charge in [-0.2, -0.15) is 0 Å². The average Bonchev–Trinajstić information content (AvgIpc) is 3.08. The molecular weight excluding hydrogens is 328 g/mol. The molecule has 0 radical (unpaired) electrons. The molecule has 0 bridgehead atoms. The van der Waals surface area contributed by atoms with Gasteiger partial charge in [-0.05, 0) is 64.0 Å². The average molecular weight is 358 g/mol. The summed E-state index contributed by atoms with van der Waals surface area (Å²) in [5, 5.41) is 3.09. The number of nitrogens with zero attached hydrogens (tertiary/aromatic N) is 1. The van der Waals surface area contributed by atoms with Crippen molar-refractivity contribution in [2.24, 2.45) is 0 Å². The molecule has 3 rings (SSSR count). The van der Waals surface area contributed by atoms with Gasteiger partial charge in [-0.1, -0.05) is 24.3 Å². The van der Waals surface area contributed by atoms with Crippen molar-refractivity contribution >= 4 is 12.0 Å². The first kappa shape index (κ1) is 18.7. The van der Waals surface area contributed by atoms with Crippen molar-refractivity contribution in [3.8, 4) is 0 Å². The summed E-state index contributed by atoms with van der Waals surface area (Å²) in [6.07, 6.45) is 4.52. The predicted molar refractivity (Wildman–Crippen MR) is 101 cm³/mol. The first-order valence-corrected chi connectivity index (χ1v) is 9.70. The van der Waals surface area contributed by atoms with E-state index in [4.69, 9.17) is 4.74 Å². The van der Waals surface area contributed by atoms with Crippen LogP contribution in [0.3, 0.4) is 0 Å². The number of nitrogens with one attached hydrogen (secondary N) is 1. The first-order valence-electron chi connectivity index (χ1n) is 9.70. The van der Waals surface area contributed by atoms with Gasteiger partial charge in [-0.15, -0.1) is 0 Å². The zero-order valence-corrected chi connectivity index (χ0v) is 16.1. The number of likely N-dealkylation sites (tertiary alicyclic amines) is 1. The lowest BCUT2D eigenvalue weighted by Gasteiger charge is -2.29. The summed E-state index contributed by atoms with van der Waals surface area (Å²) < 4.78 is 5.45. The Kier molecular flexibility index (Phi) is 5.54. The lowest BCUT2D eigenvalue weighted by atomic mass is 9.83. The minimum Gasteiger partial charge on any atom is -0.444 e. The van der Waals surface area contributed by atoms with Crippen molar-refractivity contribution in [1.82, 2.24) is 10.2 Å². The molecule has 2 amide bonds. The van der Waals surface area contributed by atoms with E-state index in [1.54, 1.807) is 4.90 Å². The van der Waals surface area contributed by atoms with Gasteiger partial charge < -0.3 is 10.1 Å². The maximum absolute atomic E-state index is 12.7. The van der Waals surface area contributed by atoms with Gasteiger partial charge in [0.15, 0.2) is 0 Å². The van der Waals surface area contributed by atoms with E-state index in [9.17, 15) is 9.59 Å². The van der Waals surface area contributed by atoms with Crippen LogP contribution in [0.4, 0.5) is 4.79 Å². The molecule has 1 aliphatic carbocycles. The van der Waals surface area contributed by atoms with Crippen LogP contribution >= 0.6 is 0 Å². The number of benzene rings is 1. The highest BCUT2D eigenvalue weighted by Crippen LogP contribution is 2.31. The van der Waals surface area contributed by atoms with Gasteiger partial charge in [-0.3, -0.25) is 9.69 Å². The predicted octanol–water partition coefficient (Wildman–Crippen LogP) is 3.62. The third-order valence-corrected chi connectivity index (χ3v) is 5.20. The summed E-state index contributed by atoms with van der Waals surface area (Å²) in [7, 11) is 0. The highest BCUT2D eigenvalue weighted by atomic mass is 16.6. The Morgan fingerprint density at radius 2 is 1.96 bits per heavy atom. The second-order valence-electron chi connectivity index (χ2n) is 8.36. The lowest BCUT2D eigenvalue weighted by Crippen LogP contribution is -2.48. The van der Waals surface area contributed by atoms with Crippen LogP contribution in [0.15, 0.2) is 24.3 Å². The van der Waals surface area contributed by atoms with Crippen molar-refractivity contribution < 1.29 is 14.3 Å². The Balaban J connectivity index is 1.59. The molecule has 2 aliphatic rings. The van der Waals surface area contributed by atoms with E-state index in [1.165, 1.54) is 11.1 Å². The van der Waals surface area contributed by atoms with E-state index in [1.807, 2.05) is 20.8 Å². The van der Waals surface area contributed by atoms with E-state index >= 15 is 0 Å². The highest BCUT2D eigenvalue weighted by molar-refractivity contribution is 5.86. The SMILES string of the molecule is CC(C)(C)OC(=O)N1CCC[C@H]1C(=O)NC[C@H]1CCCc2ccccc21. The minimum atomic E-state index is -0.549. The third-order valence-electron chi connectivity index (χ3n) is 5.20. The van der Waals surface area contributed by atoms with Gasteiger partial charge in [0.25, 0.3) is 0 Å². The molecule has 1 aliphatic heterocycles. The zero-order chi connectivity index (χ0) is 18.7. The van der Waals surface area contributed by atoms with Crippen LogP contribution in [-0.2, 0) is 16.0 Å². The van der Waals surface area contributed by atoms with Crippen molar-refractivity contribution in [2.75, 3.05) is 13.1 Å². The minimum absolute atomic E-state index is 0.0589. The number of carbonyl (C=O) groups excluding carboxylic acids is 2. The normalized spacial score (nSPS) is 22.7. The maximum atomic E-state index is 12.7. The van der Waals surface area contributed by atoms with Crippen LogP contribution in [0.1, 0.15) is 63.5 Å². The first-order chi connectivity index (χ1) is 12.3. The van der Waals surface area contributed by atoms with Gasteiger partial charge in [0, 0.05) is 19.0 Å². The van der Waals surface area contributed by atoms with Gasteiger partial charge >= 0.3 is 6.09 Å². The van der Waals surface area contributed by atoms with Crippen LogP contribution in [0.5, 0.6) is 0 Å². The Morgan fingerprint density at radius 3 is 2.73 bits per heavy atom. The topological polar surface area (TPSA) is 58.6 Å². The lowest BCUT2D eigenvalue weighted by molar-refractivity contribution is -0.125. The second kappa shape index (κ2) is 7.68. The van der Waals surface area contributed by atoms with E-state index in [0.29, 0.717) is 25.4 Å². The van der Waals surface area contributed by atoms with E-state index in [2.05, 4.69) is 29.6 Å². The van der Waals surface area contributed by atoms with Crippen LogP contribution < -0.4 is 5.32 Å². The molecule has 1 N–H and O–H groups in total. The Labute approximate surface area is 156 Å².